The molecule has 2 aromatic carbocycles. The minimum Gasteiger partial charge on any atom is -0.491 e. The van der Waals surface area contributed by atoms with Crippen molar-refractivity contribution in [2.45, 2.75) is 25.0 Å². The lowest BCUT2D eigenvalue weighted by Crippen LogP contribution is -2.08. The number of esters is 2. The maximum absolute atomic E-state index is 12.4. The van der Waals surface area contributed by atoms with Crippen LogP contribution in [-0.4, -0.2) is 49.0 Å². The molecule has 2 aliphatic rings. The van der Waals surface area contributed by atoms with Crippen molar-refractivity contribution >= 4 is 23.3 Å². The van der Waals surface area contributed by atoms with Gasteiger partial charge < -0.3 is 23.7 Å². The Morgan fingerprint density at radius 1 is 0.879 bits per heavy atom. The van der Waals surface area contributed by atoms with Crippen LogP contribution in [-0.2, 0) is 15.9 Å². The number of ether oxygens (including phenoxy) is 5. The molecule has 0 saturated carbocycles. The molecule has 0 aliphatic carbocycles. The second-order valence-electron chi connectivity index (χ2n) is 7.68. The molecule has 2 atom stereocenters. The molecule has 0 N–H and O–H groups in total. The molecule has 1 aromatic heterocycles. The van der Waals surface area contributed by atoms with E-state index >= 15 is 0 Å². The number of thiazole rings is 1. The molecule has 2 fully saturated rings. The van der Waals surface area contributed by atoms with Crippen molar-refractivity contribution in [2.24, 2.45) is 0 Å². The highest BCUT2D eigenvalue weighted by Crippen LogP contribution is 2.23. The summed E-state index contributed by atoms with van der Waals surface area (Å²) >= 11 is 0.918. The van der Waals surface area contributed by atoms with Gasteiger partial charge in [-0.3, -0.25) is 0 Å². The van der Waals surface area contributed by atoms with Gasteiger partial charge in [-0.05, 0) is 54.8 Å². The number of aryl methyl sites for hydroxylation is 1. The van der Waals surface area contributed by atoms with Crippen LogP contribution in [0.2, 0.25) is 0 Å². The summed E-state index contributed by atoms with van der Waals surface area (Å²) < 4.78 is 26.6. The van der Waals surface area contributed by atoms with Crippen LogP contribution < -0.4 is 14.2 Å². The Labute approximate surface area is 194 Å². The molecule has 9 heteroatoms. The van der Waals surface area contributed by atoms with Crippen molar-refractivity contribution in [1.82, 2.24) is 4.98 Å². The van der Waals surface area contributed by atoms with Crippen molar-refractivity contribution in [3.63, 3.8) is 0 Å². The SMILES string of the molecule is O=C(Oc1ccc(OCC2CO2)cc1)c1cnc(C(=O)Oc2ccc(CCC3CO3)cc2)s1. The van der Waals surface area contributed by atoms with E-state index in [-0.39, 0.29) is 16.0 Å². The number of hydrogen-bond donors (Lipinski definition) is 0. The molecule has 2 saturated heterocycles. The van der Waals surface area contributed by atoms with Crippen molar-refractivity contribution in [1.29, 1.82) is 0 Å². The Morgan fingerprint density at radius 3 is 2.15 bits per heavy atom. The fourth-order valence-corrected chi connectivity index (χ4v) is 3.68. The third-order valence-corrected chi connectivity index (χ3v) is 6.00. The molecule has 2 aliphatic heterocycles. The van der Waals surface area contributed by atoms with Crippen LogP contribution in [0, 0.1) is 0 Å². The first kappa shape index (κ1) is 21.6. The molecule has 3 aromatic rings. The van der Waals surface area contributed by atoms with Crippen LogP contribution in [0.15, 0.2) is 54.7 Å². The second kappa shape index (κ2) is 9.70. The van der Waals surface area contributed by atoms with Gasteiger partial charge in [-0.15, -0.1) is 11.3 Å². The normalized spacial score (nSPS) is 18.4. The third-order valence-electron chi connectivity index (χ3n) is 5.05. The Kier molecular flexibility index (Phi) is 6.34. The van der Waals surface area contributed by atoms with E-state index in [0.717, 1.165) is 43.0 Å². The van der Waals surface area contributed by atoms with Gasteiger partial charge in [-0.25, -0.2) is 14.6 Å². The summed E-state index contributed by atoms with van der Waals surface area (Å²) in [5.74, 6) is 0.218. The number of hydrogen-bond acceptors (Lipinski definition) is 9. The van der Waals surface area contributed by atoms with E-state index < -0.39 is 11.9 Å². The number of epoxide rings is 2. The zero-order chi connectivity index (χ0) is 22.6. The smallest absolute Gasteiger partial charge is 0.372 e. The van der Waals surface area contributed by atoms with Gasteiger partial charge in [0.15, 0.2) is 0 Å². The molecule has 33 heavy (non-hydrogen) atoms. The third kappa shape index (κ3) is 6.16. The second-order valence-corrected chi connectivity index (χ2v) is 8.72. The number of rotatable bonds is 10. The first-order valence-electron chi connectivity index (χ1n) is 10.6. The maximum Gasteiger partial charge on any atom is 0.372 e. The van der Waals surface area contributed by atoms with Gasteiger partial charge in [0.05, 0.1) is 25.5 Å². The van der Waals surface area contributed by atoms with Crippen molar-refractivity contribution < 1.29 is 33.3 Å². The minimum absolute atomic E-state index is 0.0722. The number of benzene rings is 2. The number of carbonyl (C=O) groups excluding carboxylic acids is 2. The van der Waals surface area contributed by atoms with Gasteiger partial charge in [-0.2, -0.15) is 0 Å². The lowest BCUT2D eigenvalue weighted by molar-refractivity contribution is 0.0727. The first-order chi connectivity index (χ1) is 16.1. The average Bonchev–Trinajstić information content (AvgIpc) is 3.77. The van der Waals surface area contributed by atoms with E-state index in [9.17, 15) is 9.59 Å². The molecule has 5 rings (SSSR count). The summed E-state index contributed by atoms with van der Waals surface area (Å²) in [6.07, 6.45) is 3.77. The standard InChI is InChI=1S/C24H21NO7S/c26-23(31-18-9-7-16(8-10-18)28-13-20-14-30-20)21-11-25-22(33-21)24(27)32-17-4-1-15(2-5-17)3-6-19-12-29-19/h1-2,4-5,7-11,19-20H,3,6,12-14H2. The van der Waals surface area contributed by atoms with Gasteiger partial charge in [-0.1, -0.05) is 12.1 Å². The maximum atomic E-state index is 12.4. The topological polar surface area (TPSA) is 99.8 Å². The molecule has 8 nitrogen and oxygen atoms in total. The highest BCUT2D eigenvalue weighted by molar-refractivity contribution is 7.15. The van der Waals surface area contributed by atoms with Gasteiger partial charge in [0.25, 0.3) is 0 Å². The molecule has 2 unspecified atom stereocenters. The van der Waals surface area contributed by atoms with Crippen LogP contribution in [0.1, 0.15) is 31.5 Å². The lowest BCUT2D eigenvalue weighted by atomic mass is 10.1. The quantitative estimate of drug-likeness (QED) is 0.253. The van der Waals surface area contributed by atoms with Crippen molar-refractivity contribution in [3.05, 3.63) is 70.2 Å². The van der Waals surface area contributed by atoms with Crippen LogP contribution in [0.5, 0.6) is 17.2 Å². The Morgan fingerprint density at radius 2 is 1.48 bits per heavy atom. The summed E-state index contributed by atoms with van der Waals surface area (Å²) in [5, 5.41) is 0.0722. The first-order valence-corrected chi connectivity index (χ1v) is 11.4. The number of carbonyl (C=O) groups is 2. The van der Waals surface area contributed by atoms with E-state index in [2.05, 4.69) is 4.98 Å². The van der Waals surface area contributed by atoms with Gasteiger partial charge >= 0.3 is 11.9 Å². The summed E-state index contributed by atoms with van der Waals surface area (Å²) in [5.41, 5.74) is 1.15. The van der Waals surface area contributed by atoms with Crippen LogP contribution in [0.3, 0.4) is 0 Å². The molecule has 0 spiro atoms. The lowest BCUT2D eigenvalue weighted by Gasteiger charge is -2.06. The van der Waals surface area contributed by atoms with E-state index in [1.165, 1.54) is 6.20 Å². The van der Waals surface area contributed by atoms with E-state index in [4.69, 9.17) is 23.7 Å². The average molecular weight is 467 g/mol. The summed E-state index contributed by atoms with van der Waals surface area (Å²) in [6, 6.07) is 14.0. The predicted octanol–water partition coefficient (Wildman–Crippen LogP) is 3.69. The van der Waals surface area contributed by atoms with Crippen LogP contribution in [0.4, 0.5) is 0 Å². The van der Waals surface area contributed by atoms with E-state index in [0.29, 0.717) is 30.0 Å². The zero-order valence-electron chi connectivity index (χ0n) is 17.6. The van der Waals surface area contributed by atoms with Crippen molar-refractivity contribution in [2.75, 3.05) is 19.8 Å². The van der Waals surface area contributed by atoms with E-state index in [1.54, 1.807) is 36.4 Å². The summed E-state index contributed by atoms with van der Waals surface area (Å²) in [6.45, 7) is 2.07. The Hall–Kier alpha value is -3.27. The molecule has 0 amide bonds. The monoisotopic (exact) mass is 467 g/mol. The van der Waals surface area contributed by atoms with Gasteiger partial charge in [0, 0.05) is 0 Å². The highest BCUT2D eigenvalue weighted by atomic mass is 32.1. The Bertz CT molecular complexity index is 1030. The van der Waals surface area contributed by atoms with Gasteiger partial charge in [0.1, 0.15) is 34.8 Å². The van der Waals surface area contributed by atoms with E-state index in [1.807, 2.05) is 12.1 Å². The fourth-order valence-electron chi connectivity index (χ4n) is 3.01. The molecule has 0 bridgehead atoms. The van der Waals surface area contributed by atoms with Crippen LogP contribution >= 0.6 is 11.3 Å². The molecular formula is C24H21NO7S. The summed E-state index contributed by atoms with van der Waals surface area (Å²) in [4.78, 5) is 29.0. The molecule has 170 valence electrons. The summed E-state index contributed by atoms with van der Waals surface area (Å²) in [7, 11) is 0. The number of nitrogens with zero attached hydrogens (tertiary/aromatic N) is 1. The molecular weight excluding hydrogens is 446 g/mol. The molecule has 3 heterocycles. The Balaban J connectivity index is 1.12. The molecule has 0 radical (unpaired) electrons. The predicted molar refractivity (Wildman–Crippen MR) is 118 cm³/mol. The van der Waals surface area contributed by atoms with Crippen LogP contribution in [0.25, 0.3) is 0 Å². The highest BCUT2D eigenvalue weighted by Gasteiger charge is 2.23. The minimum atomic E-state index is -0.626. The fraction of sp³-hybridized carbons (Fsp3) is 0.292. The number of aromatic nitrogens is 1. The largest absolute Gasteiger partial charge is 0.491 e. The van der Waals surface area contributed by atoms with Crippen molar-refractivity contribution in [3.8, 4) is 17.2 Å². The zero-order valence-corrected chi connectivity index (χ0v) is 18.4. The van der Waals surface area contributed by atoms with Gasteiger partial charge in [0.2, 0.25) is 5.01 Å².